The summed E-state index contributed by atoms with van der Waals surface area (Å²) in [5, 5.41) is 18.7. The molecule has 15 heavy (non-hydrogen) atoms. The van der Waals surface area contributed by atoms with Crippen molar-refractivity contribution in [2.24, 2.45) is 0 Å². The van der Waals surface area contributed by atoms with Crippen LogP contribution in [0.25, 0.3) is 0 Å². The normalized spacial score (nSPS) is 12.6. The summed E-state index contributed by atoms with van der Waals surface area (Å²) in [7, 11) is 1.89. The maximum Gasteiger partial charge on any atom is 0.0696 e. The molecule has 0 spiro atoms. The number of aliphatic hydroxyl groups excluding tert-OH is 2. The van der Waals surface area contributed by atoms with Gasteiger partial charge in [0, 0.05) is 24.3 Å². The van der Waals surface area contributed by atoms with Crippen LogP contribution < -0.4 is 4.90 Å². The van der Waals surface area contributed by atoms with E-state index in [4.69, 9.17) is 16.7 Å². The summed E-state index contributed by atoms with van der Waals surface area (Å²) < 4.78 is 0. The topological polar surface area (TPSA) is 43.7 Å². The van der Waals surface area contributed by atoms with Gasteiger partial charge in [-0.2, -0.15) is 0 Å². The van der Waals surface area contributed by atoms with Crippen molar-refractivity contribution in [3.8, 4) is 0 Å². The molecule has 0 aliphatic heterocycles. The molecule has 0 aliphatic carbocycles. The van der Waals surface area contributed by atoms with Gasteiger partial charge in [-0.05, 0) is 24.6 Å². The fourth-order valence-corrected chi connectivity index (χ4v) is 1.64. The van der Waals surface area contributed by atoms with E-state index >= 15 is 0 Å². The number of rotatable bonds is 4. The van der Waals surface area contributed by atoms with Crippen molar-refractivity contribution >= 4 is 17.3 Å². The highest BCUT2D eigenvalue weighted by Crippen LogP contribution is 2.23. The molecule has 0 radical (unpaired) electrons. The Morgan fingerprint density at radius 2 is 2.13 bits per heavy atom. The van der Waals surface area contributed by atoms with Gasteiger partial charge in [-0.15, -0.1) is 0 Å². The predicted octanol–water partition coefficient (Wildman–Crippen LogP) is 1.65. The lowest BCUT2D eigenvalue weighted by molar-refractivity contribution is 0.201. The number of benzene rings is 1. The van der Waals surface area contributed by atoms with E-state index in [9.17, 15) is 5.11 Å². The van der Waals surface area contributed by atoms with E-state index < -0.39 is 0 Å². The van der Waals surface area contributed by atoms with Gasteiger partial charge in [-0.3, -0.25) is 0 Å². The minimum Gasteiger partial charge on any atom is -0.392 e. The van der Waals surface area contributed by atoms with Gasteiger partial charge < -0.3 is 15.1 Å². The van der Waals surface area contributed by atoms with Gasteiger partial charge in [0.05, 0.1) is 12.7 Å². The molecule has 1 aromatic carbocycles. The largest absolute Gasteiger partial charge is 0.392 e. The Hall–Kier alpha value is -0.770. The van der Waals surface area contributed by atoms with Gasteiger partial charge >= 0.3 is 0 Å². The van der Waals surface area contributed by atoms with Crippen molar-refractivity contribution in [3.05, 3.63) is 28.8 Å². The number of likely N-dealkylation sites (N-methyl/N-ethyl adjacent to an activating group) is 1. The molecule has 0 bridgehead atoms. The lowest BCUT2D eigenvalue weighted by atomic mass is 10.2. The molecule has 0 aromatic heterocycles. The fraction of sp³-hybridized carbons (Fsp3) is 0.455. The first-order valence-electron chi connectivity index (χ1n) is 4.83. The number of nitrogens with zero attached hydrogens (tertiary/aromatic N) is 1. The van der Waals surface area contributed by atoms with Crippen LogP contribution in [0, 0.1) is 0 Å². The van der Waals surface area contributed by atoms with Crippen molar-refractivity contribution in [1.82, 2.24) is 0 Å². The van der Waals surface area contributed by atoms with E-state index in [1.165, 1.54) is 0 Å². The average Bonchev–Trinajstić information content (AvgIpc) is 2.16. The maximum absolute atomic E-state index is 9.24. The third-order valence-corrected chi connectivity index (χ3v) is 2.54. The number of hydrogen-bond donors (Lipinski definition) is 2. The summed E-state index contributed by atoms with van der Waals surface area (Å²) in [5.41, 5.74) is 1.64. The van der Waals surface area contributed by atoms with Gasteiger partial charge in [0.1, 0.15) is 0 Å². The number of aliphatic hydroxyl groups is 2. The van der Waals surface area contributed by atoms with Crippen LogP contribution in [0.5, 0.6) is 0 Å². The SMILES string of the molecule is CC(O)CN(C)c1ccc(CO)c(Cl)c1. The van der Waals surface area contributed by atoms with Gasteiger partial charge in [-0.25, -0.2) is 0 Å². The van der Waals surface area contributed by atoms with Crippen molar-refractivity contribution in [2.75, 3.05) is 18.5 Å². The highest BCUT2D eigenvalue weighted by Gasteiger charge is 2.06. The summed E-state index contributed by atoms with van der Waals surface area (Å²) in [4.78, 5) is 1.91. The van der Waals surface area contributed by atoms with Gasteiger partial charge in [0.25, 0.3) is 0 Å². The lowest BCUT2D eigenvalue weighted by Gasteiger charge is -2.21. The van der Waals surface area contributed by atoms with Crippen molar-refractivity contribution in [2.45, 2.75) is 19.6 Å². The molecule has 0 heterocycles. The van der Waals surface area contributed by atoms with Crippen LogP contribution in [0.2, 0.25) is 5.02 Å². The summed E-state index contributed by atoms with van der Waals surface area (Å²) >= 11 is 5.96. The second kappa shape index (κ2) is 5.35. The molecule has 0 aliphatic rings. The van der Waals surface area contributed by atoms with Crippen molar-refractivity contribution in [1.29, 1.82) is 0 Å². The minimum absolute atomic E-state index is 0.0563. The molecule has 0 fully saturated rings. The standard InChI is InChI=1S/C11H16ClNO2/c1-8(15)6-13(2)10-4-3-9(7-14)11(12)5-10/h3-5,8,14-15H,6-7H2,1-2H3. The van der Waals surface area contributed by atoms with Crippen LogP contribution in [0.1, 0.15) is 12.5 Å². The molecular weight excluding hydrogens is 214 g/mol. The van der Waals surface area contributed by atoms with E-state index in [0.717, 1.165) is 5.69 Å². The number of hydrogen-bond acceptors (Lipinski definition) is 3. The highest BCUT2D eigenvalue weighted by atomic mass is 35.5. The molecule has 0 amide bonds. The van der Waals surface area contributed by atoms with Crippen LogP contribution in [-0.2, 0) is 6.61 Å². The summed E-state index contributed by atoms with van der Waals surface area (Å²) in [6.07, 6.45) is -0.383. The molecule has 4 heteroatoms. The number of anilines is 1. The maximum atomic E-state index is 9.24. The van der Waals surface area contributed by atoms with Gasteiger partial charge in [0.2, 0.25) is 0 Å². The predicted molar refractivity (Wildman–Crippen MR) is 62.3 cm³/mol. The lowest BCUT2D eigenvalue weighted by Crippen LogP contribution is -2.26. The average molecular weight is 230 g/mol. The van der Waals surface area contributed by atoms with E-state index in [2.05, 4.69) is 0 Å². The first kappa shape index (κ1) is 12.3. The third kappa shape index (κ3) is 3.38. The Kier molecular flexibility index (Phi) is 4.39. The molecule has 84 valence electrons. The Bertz CT molecular complexity index is 328. The highest BCUT2D eigenvalue weighted by molar-refractivity contribution is 6.31. The summed E-state index contributed by atoms with van der Waals surface area (Å²) in [6, 6.07) is 5.45. The zero-order valence-electron chi connectivity index (χ0n) is 8.94. The van der Waals surface area contributed by atoms with E-state index in [1.807, 2.05) is 18.0 Å². The monoisotopic (exact) mass is 229 g/mol. The quantitative estimate of drug-likeness (QED) is 0.825. The molecule has 0 saturated heterocycles. The Balaban J connectivity index is 2.82. The zero-order chi connectivity index (χ0) is 11.4. The Morgan fingerprint density at radius 3 is 2.60 bits per heavy atom. The minimum atomic E-state index is -0.383. The molecule has 0 saturated carbocycles. The molecule has 1 aromatic rings. The van der Waals surface area contributed by atoms with Crippen LogP contribution in [0.15, 0.2) is 18.2 Å². The summed E-state index contributed by atoms with van der Waals surface area (Å²) in [6.45, 7) is 2.23. The van der Waals surface area contributed by atoms with Crippen LogP contribution in [0.3, 0.4) is 0 Å². The second-order valence-electron chi connectivity index (χ2n) is 3.66. The molecule has 1 unspecified atom stereocenters. The van der Waals surface area contributed by atoms with Crippen molar-refractivity contribution < 1.29 is 10.2 Å². The van der Waals surface area contributed by atoms with Crippen LogP contribution in [0.4, 0.5) is 5.69 Å². The first-order valence-corrected chi connectivity index (χ1v) is 5.21. The van der Waals surface area contributed by atoms with E-state index in [-0.39, 0.29) is 12.7 Å². The first-order chi connectivity index (χ1) is 7.04. The van der Waals surface area contributed by atoms with E-state index in [0.29, 0.717) is 17.1 Å². The molecule has 1 rings (SSSR count). The molecular formula is C11H16ClNO2. The van der Waals surface area contributed by atoms with Crippen LogP contribution in [-0.4, -0.2) is 29.9 Å². The Labute approximate surface area is 94.9 Å². The van der Waals surface area contributed by atoms with Gasteiger partial charge in [0.15, 0.2) is 0 Å². The third-order valence-electron chi connectivity index (χ3n) is 2.19. The van der Waals surface area contributed by atoms with Crippen LogP contribution >= 0.6 is 11.6 Å². The fourth-order valence-electron chi connectivity index (χ4n) is 1.40. The number of halogens is 1. The zero-order valence-corrected chi connectivity index (χ0v) is 9.70. The molecule has 2 N–H and O–H groups in total. The molecule has 1 atom stereocenters. The Morgan fingerprint density at radius 1 is 1.47 bits per heavy atom. The van der Waals surface area contributed by atoms with Crippen molar-refractivity contribution in [3.63, 3.8) is 0 Å². The van der Waals surface area contributed by atoms with E-state index in [1.54, 1.807) is 19.1 Å². The summed E-state index contributed by atoms with van der Waals surface area (Å²) in [5.74, 6) is 0. The second-order valence-corrected chi connectivity index (χ2v) is 4.07. The molecule has 3 nitrogen and oxygen atoms in total. The smallest absolute Gasteiger partial charge is 0.0696 e. The van der Waals surface area contributed by atoms with Gasteiger partial charge in [-0.1, -0.05) is 17.7 Å².